The van der Waals surface area contributed by atoms with Gasteiger partial charge in [-0.25, -0.2) is 14.2 Å². The van der Waals surface area contributed by atoms with E-state index in [1.165, 1.54) is 16.7 Å². The van der Waals surface area contributed by atoms with Gasteiger partial charge in [0.15, 0.2) is 4.83 Å². The number of amides is 2. The molecule has 2 amide bonds. The predicted octanol–water partition coefficient (Wildman–Crippen LogP) is 6.41. The molecule has 2 aromatic heterocycles. The third-order valence-corrected chi connectivity index (χ3v) is 7.89. The van der Waals surface area contributed by atoms with Crippen molar-refractivity contribution in [1.82, 2.24) is 24.1 Å². The Labute approximate surface area is 261 Å². The minimum absolute atomic E-state index is 0.0696. The lowest BCUT2D eigenvalue weighted by Crippen LogP contribution is -2.43. The Kier molecular flexibility index (Phi) is 10.2. The standard InChI is InChI=1S/C33H40FN5O4S/c1-20(2)27(28-36-29-26(22(4)37-44-29)31(41)39(28)19-23-10-8-11-25(34)18-23)38(30(40)24-14-12-21(3)13-15-24)17-9-16-35-32(42)43-33(5,6)7/h8,10-15,18,20,27H,9,16-17,19H2,1-7H3,(H,35,42). The highest BCUT2D eigenvalue weighted by atomic mass is 32.1. The fourth-order valence-corrected chi connectivity index (χ4v) is 5.84. The van der Waals surface area contributed by atoms with E-state index in [0.29, 0.717) is 39.3 Å². The Bertz CT molecular complexity index is 1690. The summed E-state index contributed by atoms with van der Waals surface area (Å²) >= 11 is 1.14. The molecule has 4 aromatic rings. The summed E-state index contributed by atoms with van der Waals surface area (Å²) in [5.41, 5.74) is 1.76. The molecule has 9 nitrogen and oxygen atoms in total. The normalized spacial score (nSPS) is 12.4. The summed E-state index contributed by atoms with van der Waals surface area (Å²) < 4.78 is 25.5. The van der Waals surface area contributed by atoms with Crippen molar-refractivity contribution >= 4 is 33.7 Å². The molecule has 2 aromatic carbocycles. The molecule has 2 heterocycles. The van der Waals surface area contributed by atoms with Gasteiger partial charge in [-0.15, -0.1) is 0 Å². The highest BCUT2D eigenvalue weighted by Gasteiger charge is 2.33. The van der Waals surface area contributed by atoms with Crippen LogP contribution in [0.2, 0.25) is 0 Å². The predicted molar refractivity (Wildman–Crippen MR) is 171 cm³/mol. The van der Waals surface area contributed by atoms with Crippen LogP contribution >= 0.6 is 11.5 Å². The molecule has 0 aliphatic carbocycles. The third-order valence-electron chi connectivity index (χ3n) is 7.06. The second-order valence-electron chi connectivity index (χ2n) is 12.3. The Morgan fingerprint density at radius 2 is 1.82 bits per heavy atom. The Hall–Kier alpha value is -4.12. The maximum absolute atomic E-state index is 14.2. The lowest BCUT2D eigenvalue weighted by Gasteiger charge is -2.35. The number of carbonyl (C=O) groups is 2. The molecule has 0 bridgehead atoms. The molecule has 1 unspecified atom stereocenters. The molecule has 0 aliphatic heterocycles. The number of carbonyl (C=O) groups excluding carboxylic acids is 2. The van der Waals surface area contributed by atoms with Gasteiger partial charge in [0, 0.05) is 18.7 Å². The lowest BCUT2D eigenvalue weighted by molar-refractivity contribution is 0.0519. The maximum Gasteiger partial charge on any atom is 0.407 e. The molecule has 1 N–H and O–H groups in total. The summed E-state index contributed by atoms with van der Waals surface area (Å²) in [5, 5.41) is 3.17. The topological polar surface area (TPSA) is 106 Å². The quantitative estimate of drug-likeness (QED) is 0.205. The largest absolute Gasteiger partial charge is 0.444 e. The number of nitrogens with zero attached hydrogens (tertiary/aromatic N) is 4. The number of hydrogen-bond donors (Lipinski definition) is 1. The average molecular weight is 622 g/mol. The van der Waals surface area contributed by atoms with E-state index in [1.807, 2.05) is 32.9 Å². The number of fused-ring (bicyclic) bond motifs is 1. The second kappa shape index (κ2) is 13.7. The smallest absolute Gasteiger partial charge is 0.407 e. The lowest BCUT2D eigenvalue weighted by atomic mass is 9.98. The van der Waals surface area contributed by atoms with Crippen LogP contribution in [0.25, 0.3) is 10.2 Å². The molecule has 4 rings (SSSR count). The molecule has 234 valence electrons. The van der Waals surface area contributed by atoms with E-state index in [1.54, 1.807) is 56.9 Å². The number of ether oxygens (including phenoxy) is 1. The van der Waals surface area contributed by atoms with Gasteiger partial charge in [0.05, 0.1) is 23.7 Å². The Morgan fingerprint density at radius 3 is 2.45 bits per heavy atom. The molecule has 1 atom stereocenters. The van der Waals surface area contributed by atoms with Gasteiger partial charge in [-0.2, -0.15) is 4.37 Å². The molecule has 0 aliphatic rings. The van der Waals surface area contributed by atoms with Crippen LogP contribution in [0.5, 0.6) is 0 Å². The van der Waals surface area contributed by atoms with Crippen LogP contribution in [0.1, 0.15) is 80.1 Å². The van der Waals surface area contributed by atoms with Crippen LogP contribution in [0.15, 0.2) is 53.3 Å². The zero-order valence-corrected chi connectivity index (χ0v) is 27.1. The highest BCUT2D eigenvalue weighted by molar-refractivity contribution is 7.12. The summed E-state index contributed by atoms with van der Waals surface area (Å²) in [6, 6.07) is 12.8. The van der Waals surface area contributed by atoms with Gasteiger partial charge in [0.2, 0.25) is 0 Å². The van der Waals surface area contributed by atoms with E-state index >= 15 is 0 Å². The number of halogens is 1. The zero-order valence-electron chi connectivity index (χ0n) is 26.3. The van der Waals surface area contributed by atoms with Gasteiger partial charge in [-0.3, -0.25) is 14.2 Å². The molecule has 0 saturated carbocycles. The van der Waals surface area contributed by atoms with E-state index in [0.717, 1.165) is 17.1 Å². The van der Waals surface area contributed by atoms with Gasteiger partial charge in [0.1, 0.15) is 17.2 Å². The minimum Gasteiger partial charge on any atom is -0.444 e. The number of hydrogen-bond acceptors (Lipinski definition) is 7. The fraction of sp³-hybridized carbons (Fsp3) is 0.424. The van der Waals surface area contributed by atoms with Crippen molar-refractivity contribution in [3.05, 3.63) is 92.9 Å². The molecule has 0 radical (unpaired) electrons. The number of aromatic nitrogens is 3. The Morgan fingerprint density at radius 1 is 1.11 bits per heavy atom. The van der Waals surface area contributed by atoms with Crippen molar-refractivity contribution in [3.63, 3.8) is 0 Å². The molecule has 11 heteroatoms. The van der Waals surface area contributed by atoms with E-state index in [9.17, 15) is 18.8 Å². The monoisotopic (exact) mass is 621 g/mol. The van der Waals surface area contributed by atoms with E-state index in [2.05, 4.69) is 9.69 Å². The van der Waals surface area contributed by atoms with E-state index in [-0.39, 0.29) is 37.0 Å². The number of benzene rings is 2. The average Bonchev–Trinajstić information content (AvgIpc) is 3.31. The van der Waals surface area contributed by atoms with Gasteiger partial charge in [-0.1, -0.05) is 43.7 Å². The van der Waals surface area contributed by atoms with Gasteiger partial charge in [-0.05, 0) is 88.3 Å². The third kappa shape index (κ3) is 7.88. The number of aryl methyl sites for hydroxylation is 2. The molecular formula is C33H40FN5O4S. The Balaban J connectivity index is 1.79. The summed E-state index contributed by atoms with van der Waals surface area (Å²) in [6.07, 6.45) is -0.109. The first-order chi connectivity index (χ1) is 20.7. The summed E-state index contributed by atoms with van der Waals surface area (Å²) in [6.45, 7) is 13.6. The molecule has 0 fully saturated rings. The van der Waals surface area contributed by atoms with Crippen molar-refractivity contribution in [2.45, 2.75) is 73.1 Å². The van der Waals surface area contributed by atoms with Crippen molar-refractivity contribution in [3.8, 4) is 0 Å². The van der Waals surface area contributed by atoms with Crippen LogP contribution in [-0.4, -0.2) is 49.5 Å². The summed E-state index contributed by atoms with van der Waals surface area (Å²) in [7, 11) is 0. The summed E-state index contributed by atoms with van der Waals surface area (Å²) in [5.74, 6) is -0.409. The first-order valence-corrected chi connectivity index (χ1v) is 15.5. The SMILES string of the molecule is Cc1ccc(C(=O)N(CCCNC(=O)OC(C)(C)C)C(c2nc3snc(C)c3c(=O)n2Cc2cccc(F)c2)C(C)C)cc1. The minimum atomic E-state index is -0.634. The first kappa shape index (κ1) is 32.8. The van der Waals surface area contributed by atoms with Crippen LogP contribution in [0, 0.1) is 25.6 Å². The van der Waals surface area contributed by atoms with Gasteiger partial charge in [0.25, 0.3) is 11.5 Å². The van der Waals surface area contributed by atoms with Crippen molar-refractivity contribution < 1.29 is 18.7 Å². The van der Waals surface area contributed by atoms with E-state index < -0.39 is 23.6 Å². The molecular weight excluding hydrogens is 581 g/mol. The number of nitrogens with one attached hydrogen (secondary N) is 1. The van der Waals surface area contributed by atoms with Gasteiger partial charge >= 0.3 is 6.09 Å². The van der Waals surface area contributed by atoms with Crippen LogP contribution in [0.4, 0.5) is 9.18 Å². The van der Waals surface area contributed by atoms with Crippen LogP contribution < -0.4 is 10.9 Å². The van der Waals surface area contributed by atoms with Gasteiger partial charge < -0.3 is 15.0 Å². The maximum atomic E-state index is 14.2. The van der Waals surface area contributed by atoms with Crippen LogP contribution in [0.3, 0.4) is 0 Å². The fourth-order valence-electron chi connectivity index (χ4n) is 5.06. The second-order valence-corrected chi connectivity index (χ2v) is 13.0. The summed E-state index contributed by atoms with van der Waals surface area (Å²) in [4.78, 5) is 47.6. The zero-order chi connectivity index (χ0) is 32.2. The van der Waals surface area contributed by atoms with Crippen molar-refractivity contribution in [2.75, 3.05) is 13.1 Å². The molecule has 0 spiro atoms. The number of alkyl carbamates (subject to hydrolysis) is 1. The molecule has 44 heavy (non-hydrogen) atoms. The van der Waals surface area contributed by atoms with E-state index in [4.69, 9.17) is 9.72 Å². The molecule has 0 saturated heterocycles. The van der Waals surface area contributed by atoms with Crippen LogP contribution in [-0.2, 0) is 11.3 Å². The first-order valence-electron chi connectivity index (χ1n) is 14.7. The highest BCUT2D eigenvalue weighted by Crippen LogP contribution is 2.31. The van der Waals surface area contributed by atoms with Crippen molar-refractivity contribution in [2.24, 2.45) is 5.92 Å². The van der Waals surface area contributed by atoms with Crippen molar-refractivity contribution in [1.29, 1.82) is 0 Å². The number of rotatable bonds is 10.